The van der Waals surface area contributed by atoms with Crippen molar-refractivity contribution in [3.05, 3.63) is 86.9 Å². The SMILES string of the molecule is Cc1noc(C)c1S(=O)(=O)NNC(=O)n1c(=O)n(-c2ccccc2)c(=O)c2ccccc21. The summed E-state index contributed by atoms with van der Waals surface area (Å²) in [5.74, 6) is 0.0319. The van der Waals surface area contributed by atoms with Gasteiger partial charge in [0.2, 0.25) is 0 Å². The molecule has 32 heavy (non-hydrogen) atoms. The van der Waals surface area contributed by atoms with Gasteiger partial charge < -0.3 is 4.52 Å². The Morgan fingerprint density at radius 2 is 1.66 bits per heavy atom. The van der Waals surface area contributed by atoms with Crippen LogP contribution in [-0.4, -0.2) is 28.7 Å². The molecule has 0 spiro atoms. The monoisotopic (exact) mass is 455 g/mol. The van der Waals surface area contributed by atoms with E-state index in [0.29, 0.717) is 4.57 Å². The lowest BCUT2D eigenvalue weighted by Gasteiger charge is -2.14. The number of rotatable bonds is 4. The lowest BCUT2D eigenvalue weighted by molar-refractivity contribution is 0.240. The Morgan fingerprint density at radius 1 is 1.00 bits per heavy atom. The Balaban J connectivity index is 1.82. The number of fused-ring (bicyclic) bond motifs is 1. The number of carbonyl (C=O) groups excluding carboxylic acids is 1. The molecule has 2 heterocycles. The van der Waals surface area contributed by atoms with Gasteiger partial charge in [-0.05, 0) is 38.1 Å². The Kier molecular flexibility index (Phi) is 5.24. The first-order valence-electron chi connectivity index (χ1n) is 9.29. The van der Waals surface area contributed by atoms with Crippen LogP contribution in [0.3, 0.4) is 0 Å². The van der Waals surface area contributed by atoms with Crippen LogP contribution in [0.4, 0.5) is 4.79 Å². The number of para-hydroxylation sites is 2. The van der Waals surface area contributed by atoms with Crippen molar-refractivity contribution in [1.29, 1.82) is 0 Å². The number of nitrogens with one attached hydrogen (secondary N) is 2. The van der Waals surface area contributed by atoms with Crippen molar-refractivity contribution in [1.82, 2.24) is 24.5 Å². The molecule has 0 aliphatic carbocycles. The molecule has 0 saturated heterocycles. The molecule has 0 bridgehead atoms. The molecule has 0 fully saturated rings. The summed E-state index contributed by atoms with van der Waals surface area (Å²) in [6.45, 7) is 2.84. The molecular formula is C20H17N5O6S. The van der Waals surface area contributed by atoms with E-state index in [4.69, 9.17) is 4.52 Å². The van der Waals surface area contributed by atoms with Gasteiger partial charge in [-0.1, -0.05) is 35.5 Å². The molecule has 12 heteroatoms. The Hall–Kier alpha value is -4.03. The number of nitrogens with zero attached hydrogens (tertiary/aromatic N) is 3. The standard InChI is InChI=1S/C20H17N5O6S/c1-12-17(13(2)31-22-12)32(29,30)23-21-19(27)25-16-11-7-6-10-15(16)18(26)24(20(25)28)14-8-4-3-5-9-14/h3-11,23H,1-2H3,(H,21,27). The average molecular weight is 455 g/mol. The van der Waals surface area contributed by atoms with E-state index in [1.165, 1.54) is 26.0 Å². The minimum absolute atomic E-state index is 0.0173. The van der Waals surface area contributed by atoms with E-state index < -0.39 is 27.3 Å². The second kappa shape index (κ2) is 7.90. The highest BCUT2D eigenvalue weighted by atomic mass is 32.2. The van der Waals surface area contributed by atoms with Crippen molar-refractivity contribution >= 4 is 27.0 Å². The second-order valence-corrected chi connectivity index (χ2v) is 8.42. The molecular weight excluding hydrogens is 438 g/mol. The summed E-state index contributed by atoms with van der Waals surface area (Å²) in [7, 11) is -4.24. The van der Waals surface area contributed by atoms with Crippen LogP contribution in [0.5, 0.6) is 0 Å². The molecule has 4 rings (SSSR count). The normalized spacial score (nSPS) is 11.6. The van der Waals surface area contributed by atoms with Crippen molar-refractivity contribution < 1.29 is 17.7 Å². The second-order valence-electron chi connectivity index (χ2n) is 6.80. The molecule has 2 N–H and O–H groups in total. The van der Waals surface area contributed by atoms with E-state index in [2.05, 4.69) is 5.16 Å². The van der Waals surface area contributed by atoms with Crippen LogP contribution in [0.2, 0.25) is 0 Å². The topological polar surface area (TPSA) is 145 Å². The summed E-state index contributed by atoms with van der Waals surface area (Å²) < 4.78 is 31.6. The van der Waals surface area contributed by atoms with E-state index in [-0.39, 0.29) is 32.9 Å². The van der Waals surface area contributed by atoms with Gasteiger partial charge in [0.1, 0.15) is 10.6 Å². The average Bonchev–Trinajstić information content (AvgIpc) is 3.12. The number of amides is 1. The molecule has 0 aliphatic heterocycles. The van der Waals surface area contributed by atoms with Gasteiger partial charge in [0, 0.05) is 0 Å². The first kappa shape index (κ1) is 21.2. The zero-order chi connectivity index (χ0) is 23.0. The molecule has 0 saturated carbocycles. The largest absolute Gasteiger partial charge is 0.360 e. The number of aryl methyl sites for hydroxylation is 2. The highest BCUT2D eigenvalue weighted by Crippen LogP contribution is 2.18. The van der Waals surface area contributed by atoms with Gasteiger partial charge >= 0.3 is 11.7 Å². The van der Waals surface area contributed by atoms with Crippen molar-refractivity contribution in [2.75, 3.05) is 0 Å². The third-order valence-corrected chi connectivity index (χ3v) is 6.20. The maximum absolute atomic E-state index is 13.2. The van der Waals surface area contributed by atoms with Crippen molar-refractivity contribution in [3.8, 4) is 5.69 Å². The Labute approximate surface area is 180 Å². The van der Waals surface area contributed by atoms with Crippen molar-refractivity contribution in [3.63, 3.8) is 0 Å². The maximum atomic E-state index is 13.2. The summed E-state index contributed by atoms with van der Waals surface area (Å²) in [4.78, 5) is 40.8. The van der Waals surface area contributed by atoms with Crippen LogP contribution in [0.1, 0.15) is 11.5 Å². The van der Waals surface area contributed by atoms with Gasteiger partial charge in [0.05, 0.1) is 16.6 Å². The zero-order valence-corrected chi connectivity index (χ0v) is 17.7. The van der Waals surface area contributed by atoms with Crippen molar-refractivity contribution in [2.45, 2.75) is 18.7 Å². The highest BCUT2D eigenvalue weighted by Gasteiger charge is 2.26. The molecule has 4 aromatic rings. The minimum Gasteiger partial charge on any atom is -0.360 e. The number of carbonyl (C=O) groups is 1. The predicted molar refractivity (Wildman–Crippen MR) is 114 cm³/mol. The Bertz CT molecular complexity index is 1550. The fraction of sp³-hybridized carbons (Fsp3) is 0.100. The molecule has 1 amide bonds. The summed E-state index contributed by atoms with van der Waals surface area (Å²) in [6, 6.07) is 13.0. The fourth-order valence-electron chi connectivity index (χ4n) is 3.34. The van der Waals surface area contributed by atoms with E-state index in [9.17, 15) is 22.8 Å². The van der Waals surface area contributed by atoms with Crippen LogP contribution >= 0.6 is 0 Å². The number of benzene rings is 2. The van der Waals surface area contributed by atoms with Gasteiger partial charge in [-0.3, -0.25) is 10.2 Å². The number of sulfonamides is 1. The first-order valence-corrected chi connectivity index (χ1v) is 10.8. The minimum atomic E-state index is -4.24. The maximum Gasteiger partial charge on any atom is 0.345 e. The quantitative estimate of drug-likeness (QED) is 0.440. The van der Waals surface area contributed by atoms with E-state index >= 15 is 0 Å². The first-order chi connectivity index (χ1) is 15.2. The fourth-order valence-corrected chi connectivity index (χ4v) is 4.50. The summed E-state index contributed by atoms with van der Waals surface area (Å²) in [5, 5.41) is 3.67. The highest BCUT2D eigenvalue weighted by molar-refractivity contribution is 7.89. The van der Waals surface area contributed by atoms with Gasteiger partial charge in [-0.15, -0.1) is 4.83 Å². The third-order valence-electron chi connectivity index (χ3n) is 4.71. The molecule has 11 nitrogen and oxygen atoms in total. The molecule has 0 atom stereocenters. The molecule has 2 aromatic carbocycles. The third kappa shape index (κ3) is 3.50. The van der Waals surface area contributed by atoms with Gasteiger partial charge in [-0.2, -0.15) is 0 Å². The van der Waals surface area contributed by atoms with Crippen molar-refractivity contribution in [2.24, 2.45) is 0 Å². The number of hydrogen-bond donors (Lipinski definition) is 2. The summed E-state index contributed by atoms with van der Waals surface area (Å²) in [6.07, 6.45) is 0. The molecule has 0 aliphatic rings. The van der Waals surface area contributed by atoms with E-state index in [0.717, 1.165) is 4.57 Å². The molecule has 164 valence electrons. The van der Waals surface area contributed by atoms with E-state index in [1.54, 1.807) is 42.5 Å². The van der Waals surface area contributed by atoms with Gasteiger partial charge in [0.15, 0.2) is 5.76 Å². The molecule has 0 radical (unpaired) electrons. The lowest BCUT2D eigenvalue weighted by atomic mass is 10.2. The van der Waals surface area contributed by atoms with Crippen LogP contribution in [0.25, 0.3) is 16.6 Å². The molecule has 2 aromatic heterocycles. The smallest absolute Gasteiger partial charge is 0.345 e. The summed E-state index contributed by atoms with van der Waals surface area (Å²) in [5.41, 5.74) is 0.811. The number of aromatic nitrogens is 3. The van der Waals surface area contributed by atoms with Crippen LogP contribution in [0, 0.1) is 13.8 Å². The predicted octanol–water partition coefficient (Wildman–Crippen LogP) is 1.21. The lowest BCUT2D eigenvalue weighted by Crippen LogP contribution is -2.50. The Morgan fingerprint density at radius 3 is 2.31 bits per heavy atom. The van der Waals surface area contributed by atoms with Gasteiger partial charge in [-0.25, -0.2) is 27.1 Å². The van der Waals surface area contributed by atoms with Gasteiger partial charge in [0.25, 0.3) is 15.6 Å². The van der Waals surface area contributed by atoms with Crippen LogP contribution in [0.15, 0.2) is 73.6 Å². The van der Waals surface area contributed by atoms with Crippen LogP contribution in [-0.2, 0) is 10.0 Å². The molecule has 0 unspecified atom stereocenters. The summed E-state index contributed by atoms with van der Waals surface area (Å²) >= 11 is 0. The zero-order valence-electron chi connectivity index (χ0n) is 16.9. The van der Waals surface area contributed by atoms with Crippen LogP contribution < -0.4 is 21.5 Å². The number of hydrazine groups is 1. The number of hydrogen-bond acceptors (Lipinski definition) is 7. The van der Waals surface area contributed by atoms with E-state index in [1.807, 2.05) is 10.3 Å².